The van der Waals surface area contributed by atoms with Gasteiger partial charge in [0.15, 0.2) is 0 Å². The van der Waals surface area contributed by atoms with Crippen LogP contribution in [0.25, 0.3) is 0 Å². The van der Waals surface area contributed by atoms with E-state index in [-0.39, 0.29) is 10.6 Å². The van der Waals surface area contributed by atoms with Crippen LogP contribution in [0.5, 0.6) is 0 Å². The molecule has 0 radical (unpaired) electrons. The Labute approximate surface area is 113 Å². The third-order valence-electron chi connectivity index (χ3n) is 3.91. The predicted octanol–water partition coefficient (Wildman–Crippen LogP) is 3.01. The molecule has 5 heteroatoms. The molecule has 1 aliphatic heterocycles. The quantitative estimate of drug-likeness (QED) is 0.655. The number of likely N-dealkylation sites (tertiary alicyclic amines) is 1. The Bertz CT molecular complexity index is 462. The van der Waals surface area contributed by atoms with Crippen LogP contribution in [-0.4, -0.2) is 29.5 Å². The third kappa shape index (κ3) is 3.04. The largest absolute Gasteiger partial charge is 0.388 e. The molecular formula is C14H21N3O2. The number of nitro benzene ring substituents is 1. The van der Waals surface area contributed by atoms with Crippen LogP contribution < -0.4 is 5.32 Å². The van der Waals surface area contributed by atoms with Crippen molar-refractivity contribution in [2.75, 3.05) is 18.9 Å². The van der Waals surface area contributed by atoms with Crippen LogP contribution in [-0.2, 0) is 6.54 Å². The smallest absolute Gasteiger partial charge is 0.269 e. The highest BCUT2D eigenvalue weighted by Gasteiger charge is 2.24. The number of anilines is 1. The topological polar surface area (TPSA) is 58.4 Å². The first-order valence-corrected chi connectivity index (χ1v) is 6.84. The maximum absolute atomic E-state index is 10.9. The van der Waals surface area contributed by atoms with E-state index in [1.165, 1.54) is 12.8 Å². The third-order valence-corrected chi connectivity index (χ3v) is 3.91. The molecule has 19 heavy (non-hydrogen) atoms. The van der Waals surface area contributed by atoms with Gasteiger partial charge >= 0.3 is 0 Å². The van der Waals surface area contributed by atoms with Crippen molar-refractivity contribution in [3.63, 3.8) is 0 Å². The standard InChI is InChI=1S/C14H21N3O2/c1-3-12-5-4-8-16(12)10-11-9-13(17(18)19)6-7-14(11)15-2/h6-7,9,12,15H,3-5,8,10H2,1-2H3. The molecule has 0 saturated carbocycles. The first-order chi connectivity index (χ1) is 9.15. The van der Waals surface area contributed by atoms with Gasteiger partial charge in [-0.15, -0.1) is 0 Å². The van der Waals surface area contributed by atoms with Crippen molar-refractivity contribution >= 4 is 11.4 Å². The molecule has 2 rings (SSSR count). The van der Waals surface area contributed by atoms with Crippen LogP contribution in [0.15, 0.2) is 18.2 Å². The molecule has 1 heterocycles. The summed E-state index contributed by atoms with van der Waals surface area (Å²) < 4.78 is 0. The van der Waals surface area contributed by atoms with Crippen molar-refractivity contribution in [3.8, 4) is 0 Å². The Balaban J connectivity index is 2.22. The van der Waals surface area contributed by atoms with Crippen LogP contribution in [0.2, 0.25) is 0 Å². The average Bonchev–Trinajstić information content (AvgIpc) is 2.85. The summed E-state index contributed by atoms with van der Waals surface area (Å²) in [6, 6.07) is 5.65. The van der Waals surface area contributed by atoms with Crippen LogP contribution in [0.1, 0.15) is 31.7 Å². The molecule has 1 unspecified atom stereocenters. The molecule has 1 aromatic rings. The van der Waals surface area contributed by atoms with Gasteiger partial charge in [-0.05, 0) is 37.4 Å². The van der Waals surface area contributed by atoms with Gasteiger partial charge in [-0.1, -0.05) is 6.92 Å². The molecule has 1 atom stereocenters. The average molecular weight is 263 g/mol. The summed E-state index contributed by atoms with van der Waals surface area (Å²) in [5, 5.41) is 14.0. The highest BCUT2D eigenvalue weighted by atomic mass is 16.6. The zero-order valence-corrected chi connectivity index (χ0v) is 11.6. The van der Waals surface area contributed by atoms with E-state index in [4.69, 9.17) is 0 Å². The van der Waals surface area contributed by atoms with E-state index in [0.29, 0.717) is 6.04 Å². The van der Waals surface area contributed by atoms with E-state index in [2.05, 4.69) is 17.1 Å². The summed E-state index contributed by atoms with van der Waals surface area (Å²) in [7, 11) is 1.85. The first kappa shape index (κ1) is 13.8. The van der Waals surface area contributed by atoms with E-state index in [9.17, 15) is 10.1 Å². The molecule has 1 aromatic carbocycles. The van der Waals surface area contributed by atoms with Gasteiger partial charge in [-0.25, -0.2) is 0 Å². The van der Waals surface area contributed by atoms with Crippen LogP contribution in [0, 0.1) is 10.1 Å². The van der Waals surface area contributed by atoms with Gasteiger partial charge in [0.05, 0.1) is 4.92 Å². The fraction of sp³-hybridized carbons (Fsp3) is 0.571. The minimum Gasteiger partial charge on any atom is -0.388 e. The number of hydrogen-bond donors (Lipinski definition) is 1. The number of nitro groups is 1. The van der Waals surface area contributed by atoms with Gasteiger partial charge in [0, 0.05) is 37.5 Å². The van der Waals surface area contributed by atoms with Crippen LogP contribution in [0.4, 0.5) is 11.4 Å². The lowest BCUT2D eigenvalue weighted by Gasteiger charge is -2.24. The molecule has 0 spiro atoms. The molecule has 0 aromatic heterocycles. The molecule has 0 amide bonds. The second-order valence-electron chi connectivity index (χ2n) is 5.02. The van der Waals surface area contributed by atoms with E-state index >= 15 is 0 Å². The Morgan fingerprint density at radius 1 is 1.53 bits per heavy atom. The highest BCUT2D eigenvalue weighted by Crippen LogP contribution is 2.27. The molecule has 0 bridgehead atoms. The molecule has 104 valence electrons. The SMILES string of the molecule is CCC1CCCN1Cc1cc([N+](=O)[O-])ccc1NC. The Hall–Kier alpha value is -1.62. The van der Waals surface area contributed by atoms with E-state index in [1.54, 1.807) is 18.2 Å². The minimum atomic E-state index is -0.329. The second kappa shape index (κ2) is 6.02. The number of nitrogens with one attached hydrogen (secondary N) is 1. The van der Waals surface area contributed by atoms with Crippen molar-refractivity contribution in [1.82, 2.24) is 4.90 Å². The summed E-state index contributed by atoms with van der Waals surface area (Å²) in [5.74, 6) is 0. The van der Waals surface area contributed by atoms with Gasteiger partial charge in [-0.2, -0.15) is 0 Å². The summed E-state index contributed by atoms with van der Waals surface area (Å²) in [6.07, 6.45) is 3.60. The van der Waals surface area contributed by atoms with Crippen molar-refractivity contribution in [2.24, 2.45) is 0 Å². The van der Waals surface area contributed by atoms with Gasteiger partial charge < -0.3 is 5.32 Å². The van der Waals surface area contributed by atoms with Crippen molar-refractivity contribution in [1.29, 1.82) is 0 Å². The Morgan fingerprint density at radius 3 is 2.95 bits per heavy atom. The lowest BCUT2D eigenvalue weighted by molar-refractivity contribution is -0.384. The van der Waals surface area contributed by atoms with E-state index < -0.39 is 0 Å². The Kier molecular flexibility index (Phi) is 4.37. The van der Waals surface area contributed by atoms with Gasteiger partial charge in [0.25, 0.3) is 5.69 Å². The Morgan fingerprint density at radius 2 is 2.32 bits per heavy atom. The number of non-ortho nitro benzene ring substituents is 1. The predicted molar refractivity (Wildman–Crippen MR) is 76.4 cm³/mol. The first-order valence-electron chi connectivity index (χ1n) is 6.84. The molecule has 1 saturated heterocycles. The van der Waals surface area contributed by atoms with E-state index in [1.807, 2.05) is 7.05 Å². The summed E-state index contributed by atoms with van der Waals surface area (Å²) in [5.41, 5.74) is 2.16. The maximum atomic E-state index is 10.9. The fourth-order valence-corrected chi connectivity index (χ4v) is 2.85. The van der Waals surface area contributed by atoms with Crippen LogP contribution in [0.3, 0.4) is 0 Å². The summed E-state index contributed by atoms with van der Waals surface area (Å²) >= 11 is 0. The molecule has 1 fully saturated rings. The van der Waals surface area contributed by atoms with Gasteiger partial charge in [-0.3, -0.25) is 15.0 Å². The molecule has 1 aliphatic rings. The van der Waals surface area contributed by atoms with Crippen molar-refractivity contribution in [2.45, 2.75) is 38.8 Å². The molecule has 5 nitrogen and oxygen atoms in total. The summed E-state index contributed by atoms with van der Waals surface area (Å²) in [4.78, 5) is 13.0. The fourth-order valence-electron chi connectivity index (χ4n) is 2.85. The van der Waals surface area contributed by atoms with Gasteiger partial charge in [0.2, 0.25) is 0 Å². The number of benzene rings is 1. The number of nitrogens with zero attached hydrogens (tertiary/aromatic N) is 2. The molecular weight excluding hydrogens is 242 g/mol. The highest BCUT2D eigenvalue weighted by molar-refractivity contribution is 5.55. The van der Waals surface area contributed by atoms with E-state index in [0.717, 1.165) is 30.8 Å². The lowest BCUT2D eigenvalue weighted by atomic mass is 10.1. The zero-order valence-electron chi connectivity index (χ0n) is 11.6. The summed E-state index contributed by atoms with van der Waals surface area (Å²) in [6.45, 7) is 4.08. The zero-order chi connectivity index (χ0) is 13.8. The van der Waals surface area contributed by atoms with Crippen LogP contribution >= 0.6 is 0 Å². The number of rotatable bonds is 5. The monoisotopic (exact) mass is 263 g/mol. The van der Waals surface area contributed by atoms with Crippen molar-refractivity contribution < 1.29 is 4.92 Å². The number of hydrogen-bond acceptors (Lipinski definition) is 4. The minimum absolute atomic E-state index is 0.168. The molecule has 1 N–H and O–H groups in total. The maximum Gasteiger partial charge on any atom is 0.269 e. The second-order valence-corrected chi connectivity index (χ2v) is 5.02. The normalized spacial score (nSPS) is 19.6. The van der Waals surface area contributed by atoms with Crippen molar-refractivity contribution in [3.05, 3.63) is 33.9 Å². The lowest BCUT2D eigenvalue weighted by Crippen LogP contribution is -2.28. The van der Waals surface area contributed by atoms with Gasteiger partial charge in [0.1, 0.15) is 0 Å². The molecule has 0 aliphatic carbocycles.